The third-order valence-corrected chi connectivity index (χ3v) is 4.97. The molecule has 3 heterocycles. The first-order valence-corrected chi connectivity index (χ1v) is 9.65. The van der Waals surface area contributed by atoms with Gasteiger partial charge >= 0.3 is 0 Å². The normalized spacial score (nSPS) is 13.9. The summed E-state index contributed by atoms with van der Waals surface area (Å²) in [6, 6.07) is 13.8. The van der Waals surface area contributed by atoms with E-state index in [1.54, 1.807) is 11.8 Å². The summed E-state index contributed by atoms with van der Waals surface area (Å²) < 4.78 is 13.3. The minimum Gasteiger partial charge on any atom is -0.490 e. The number of hydrogen-bond acceptors (Lipinski definition) is 6. The van der Waals surface area contributed by atoms with Gasteiger partial charge in [-0.25, -0.2) is 9.97 Å². The highest BCUT2D eigenvalue weighted by Crippen LogP contribution is 2.34. The first-order valence-electron chi connectivity index (χ1n) is 8.43. The molecule has 2 aromatic carbocycles. The molecular formula is C19H16N4O2S. The van der Waals surface area contributed by atoms with Crippen LogP contribution in [0, 0.1) is 0 Å². The summed E-state index contributed by atoms with van der Waals surface area (Å²) in [6.07, 6.45) is 2.87. The number of nitrogens with zero attached hydrogens (tertiary/aromatic N) is 4. The quantitative estimate of drug-likeness (QED) is 0.398. The van der Waals surface area contributed by atoms with Crippen molar-refractivity contribution in [2.24, 2.45) is 0 Å². The third kappa shape index (κ3) is 2.47. The lowest BCUT2D eigenvalue weighted by atomic mass is 10.2. The Kier molecular flexibility index (Phi) is 3.67. The van der Waals surface area contributed by atoms with Crippen LogP contribution in [0.4, 0.5) is 0 Å². The molecule has 0 bridgehead atoms. The fraction of sp³-hybridized carbons (Fsp3) is 0.211. The monoisotopic (exact) mass is 364 g/mol. The van der Waals surface area contributed by atoms with Gasteiger partial charge in [-0.05, 0) is 36.6 Å². The van der Waals surface area contributed by atoms with Crippen LogP contribution in [0.25, 0.3) is 27.9 Å². The molecule has 2 aromatic heterocycles. The van der Waals surface area contributed by atoms with Gasteiger partial charge in [-0.2, -0.15) is 4.52 Å². The van der Waals surface area contributed by atoms with Gasteiger partial charge in [0.25, 0.3) is 0 Å². The van der Waals surface area contributed by atoms with Crippen LogP contribution in [0.3, 0.4) is 0 Å². The largest absolute Gasteiger partial charge is 0.490 e. The fourth-order valence-corrected chi connectivity index (χ4v) is 3.58. The summed E-state index contributed by atoms with van der Waals surface area (Å²) >= 11 is 1.55. The van der Waals surface area contributed by atoms with Crippen LogP contribution in [0.2, 0.25) is 0 Å². The van der Waals surface area contributed by atoms with Crippen molar-refractivity contribution in [3.8, 4) is 22.9 Å². The topological polar surface area (TPSA) is 61.5 Å². The predicted octanol–water partition coefficient (Wildman–Crippen LogP) is 3.83. The second-order valence-electron chi connectivity index (χ2n) is 6.00. The number of thioether (sulfide) groups is 1. The number of rotatable bonds is 2. The lowest BCUT2D eigenvalue weighted by Gasteiger charge is -2.07. The second-order valence-corrected chi connectivity index (χ2v) is 6.77. The Hall–Kier alpha value is -2.80. The first-order chi connectivity index (χ1) is 12.8. The second kappa shape index (κ2) is 6.17. The summed E-state index contributed by atoms with van der Waals surface area (Å²) in [5.74, 6) is 2.16. The van der Waals surface area contributed by atoms with Gasteiger partial charge in [-0.3, -0.25) is 0 Å². The first kappa shape index (κ1) is 15.5. The van der Waals surface area contributed by atoms with E-state index >= 15 is 0 Å². The number of benzene rings is 2. The summed E-state index contributed by atoms with van der Waals surface area (Å²) in [7, 11) is 0. The highest BCUT2D eigenvalue weighted by atomic mass is 32.2. The molecule has 5 rings (SSSR count). The number of fused-ring (bicyclic) bond motifs is 4. The molecule has 0 saturated carbocycles. The Morgan fingerprint density at radius 2 is 1.85 bits per heavy atom. The van der Waals surface area contributed by atoms with Gasteiger partial charge in [0.15, 0.2) is 28.1 Å². The van der Waals surface area contributed by atoms with E-state index in [2.05, 4.69) is 0 Å². The van der Waals surface area contributed by atoms with Crippen LogP contribution in [-0.2, 0) is 0 Å². The van der Waals surface area contributed by atoms with E-state index in [0.717, 1.165) is 45.2 Å². The minimum atomic E-state index is 0.647. The maximum atomic E-state index is 5.80. The van der Waals surface area contributed by atoms with Crippen LogP contribution >= 0.6 is 11.8 Å². The van der Waals surface area contributed by atoms with Crippen LogP contribution < -0.4 is 9.47 Å². The molecule has 7 heteroatoms. The summed E-state index contributed by atoms with van der Waals surface area (Å²) in [5.41, 5.74) is 2.62. The van der Waals surface area contributed by atoms with Crippen LogP contribution in [0.1, 0.15) is 6.42 Å². The van der Waals surface area contributed by atoms with Gasteiger partial charge < -0.3 is 9.47 Å². The van der Waals surface area contributed by atoms with Gasteiger partial charge in [-0.15, -0.1) is 5.10 Å². The number of hydrogen-bond donors (Lipinski definition) is 0. The van der Waals surface area contributed by atoms with Crippen molar-refractivity contribution in [1.82, 2.24) is 19.6 Å². The zero-order chi connectivity index (χ0) is 17.5. The lowest BCUT2D eigenvalue weighted by molar-refractivity contribution is 0.297. The molecule has 0 atom stereocenters. The Labute approximate surface area is 154 Å². The van der Waals surface area contributed by atoms with E-state index < -0.39 is 0 Å². The van der Waals surface area contributed by atoms with E-state index in [0.29, 0.717) is 19.0 Å². The standard InChI is InChI=1S/C19H16N4O2S/c1-26-19-20-14-6-3-2-5-13(14)18-21-17(22-23(18)19)12-7-8-15-16(11-12)25-10-4-9-24-15/h2-3,5-8,11H,4,9-10H2,1H3. The molecule has 0 spiro atoms. The van der Waals surface area contributed by atoms with Crippen molar-refractivity contribution in [3.63, 3.8) is 0 Å². The summed E-state index contributed by atoms with van der Waals surface area (Å²) in [5, 5.41) is 6.50. The Morgan fingerprint density at radius 1 is 1.00 bits per heavy atom. The Balaban J connectivity index is 1.70. The van der Waals surface area contributed by atoms with Crippen molar-refractivity contribution in [1.29, 1.82) is 0 Å². The SMILES string of the molecule is CSc1nc2ccccc2c2nc(-c3ccc4c(c3)OCCCO4)nn12. The van der Waals surface area contributed by atoms with E-state index in [4.69, 9.17) is 24.5 Å². The maximum absolute atomic E-state index is 5.80. The van der Waals surface area contributed by atoms with E-state index in [1.807, 2.05) is 53.2 Å². The third-order valence-electron chi connectivity index (χ3n) is 4.34. The molecule has 0 fully saturated rings. The summed E-state index contributed by atoms with van der Waals surface area (Å²) in [6.45, 7) is 1.33. The Bertz CT molecular complexity index is 1130. The average molecular weight is 364 g/mol. The van der Waals surface area contributed by atoms with Crippen molar-refractivity contribution in [2.45, 2.75) is 11.6 Å². The number of ether oxygens (including phenoxy) is 2. The van der Waals surface area contributed by atoms with Crippen molar-refractivity contribution >= 4 is 28.3 Å². The minimum absolute atomic E-state index is 0.647. The molecule has 4 aromatic rings. The van der Waals surface area contributed by atoms with Gasteiger partial charge in [0.1, 0.15) is 0 Å². The predicted molar refractivity (Wildman–Crippen MR) is 101 cm³/mol. The van der Waals surface area contributed by atoms with E-state index in [-0.39, 0.29) is 0 Å². The molecule has 130 valence electrons. The smallest absolute Gasteiger partial charge is 0.191 e. The zero-order valence-corrected chi connectivity index (χ0v) is 15.0. The molecule has 0 aliphatic carbocycles. The molecule has 0 amide bonds. The molecule has 1 aliphatic heterocycles. The maximum Gasteiger partial charge on any atom is 0.191 e. The van der Waals surface area contributed by atoms with Crippen LogP contribution in [0.5, 0.6) is 11.5 Å². The van der Waals surface area contributed by atoms with Gasteiger partial charge in [0.05, 0.1) is 18.7 Å². The Morgan fingerprint density at radius 3 is 2.73 bits per heavy atom. The highest BCUT2D eigenvalue weighted by molar-refractivity contribution is 7.98. The molecule has 0 unspecified atom stereocenters. The van der Waals surface area contributed by atoms with Crippen molar-refractivity contribution in [3.05, 3.63) is 42.5 Å². The fourth-order valence-electron chi connectivity index (χ4n) is 3.09. The molecular weight excluding hydrogens is 348 g/mol. The molecule has 0 saturated heterocycles. The molecule has 26 heavy (non-hydrogen) atoms. The van der Waals surface area contributed by atoms with Crippen LogP contribution in [-0.4, -0.2) is 39.1 Å². The molecule has 1 aliphatic rings. The van der Waals surface area contributed by atoms with E-state index in [9.17, 15) is 0 Å². The van der Waals surface area contributed by atoms with Gasteiger partial charge in [0, 0.05) is 17.4 Å². The molecule has 0 radical (unpaired) electrons. The molecule has 6 nitrogen and oxygen atoms in total. The van der Waals surface area contributed by atoms with E-state index in [1.165, 1.54) is 0 Å². The number of para-hydroxylation sites is 1. The van der Waals surface area contributed by atoms with Gasteiger partial charge in [-0.1, -0.05) is 23.9 Å². The zero-order valence-electron chi connectivity index (χ0n) is 14.2. The number of aromatic nitrogens is 4. The molecule has 0 N–H and O–H groups in total. The lowest BCUT2D eigenvalue weighted by Crippen LogP contribution is -1.97. The van der Waals surface area contributed by atoms with Crippen molar-refractivity contribution in [2.75, 3.05) is 19.5 Å². The summed E-state index contributed by atoms with van der Waals surface area (Å²) in [4.78, 5) is 9.48. The van der Waals surface area contributed by atoms with Crippen LogP contribution in [0.15, 0.2) is 47.6 Å². The highest BCUT2D eigenvalue weighted by Gasteiger charge is 2.16. The average Bonchev–Trinajstić information content (AvgIpc) is 3.00. The van der Waals surface area contributed by atoms with Gasteiger partial charge in [0.2, 0.25) is 0 Å². The van der Waals surface area contributed by atoms with Crippen molar-refractivity contribution < 1.29 is 9.47 Å².